The van der Waals surface area contributed by atoms with Crippen molar-refractivity contribution in [3.05, 3.63) is 66.2 Å². The second-order valence-corrected chi connectivity index (χ2v) is 17.0. The van der Waals surface area contributed by atoms with Crippen molar-refractivity contribution in [1.82, 2.24) is 30.9 Å². The molecule has 4 rings (SSSR count). The Labute approximate surface area is 340 Å². The van der Waals surface area contributed by atoms with Crippen molar-refractivity contribution >= 4 is 51.3 Å². The summed E-state index contributed by atoms with van der Waals surface area (Å²) in [7, 11) is -4.08. The van der Waals surface area contributed by atoms with Gasteiger partial charge in [0.15, 0.2) is 5.78 Å². The second kappa shape index (κ2) is 21.6. The van der Waals surface area contributed by atoms with E-state index in [1.165, 1.54) is 24.0 Å². The van der Waals surface area contributed by atoms with Crippen LogP contribution in [0.2, 0.25) is 0 Å². The average molecular weight is 825 g/mol. The molecule has 17 heteroatoms. The highest BCUT2D eigenvalue weighted by Gasteiger charge is 2.46. The molecule has 1 saturated heterocycles. The molecule has 0 bridgehead atoms. The van der Waals surface area contributed by atoms with E-state index in [0.29, 0.717) is 24.8 Å². The monoisotopic (exact) mass is 824 g/mol. The highest BCUT2D eigenvalue weighted by molar-refractivity contribution is 7.89. The third-order valence-electron chi connectivity index (χ3n) is 10.2. The Bertz CT molecular complexity index is 1870. The van der Waals surface area contributed by atoms with Gasteiger partial charge >= 0.3 is 6.09 Å². The zero-order chi connectivity index (χ0) is 42.4. The van der Waals surface area contributed by atoms with Gasteiger partial charge in [0.25, 0.3) is 5.91 Å². The summed E-state index contributed by atoms with van der Waals surface area (Å²) >= 11 is 0. The van der Waals surface area contributed by atoms with E-state index in [4.69, 9.17) is 4.74 Å². The van der Waals surface area contributed by atoms with Crippen LogP contribution >= 0.6 is 0 Å². The molecule has 0 aromatic heterocycles. The minimum Gasteiger partial charge on any atom is -0.449 e. The summed E-state index contributed by atoms with van der Waals surface area (Å²) in [6.07, 6.45) is 3.33. The van der Waals surface area contributed by atoms with Crippen LogP contribution in [0.15, 0.2) is 65.6 Å². The summed E-state index contributed by atoms with van der Waals surface area (Å²) in [6, 6.07) is 10.5. The largest absolute Gasteiger partial charge is 0.449 e. The first kappa shape index (κ1) is 45.5. The molecule has 0 spiro atoms. The number of ketones is 2. The van der Waals surface area contributed by atoms with Gasteiger partial charge in [0.05, 0.1) is 24.1 Å². The number of amides is 5. The van der Waals surface area contributed by atoms with Crippen LogP contribution in [0.3, 0.4) is 0 Å². The minimum absolute atomic E-state index is 0.0133. The normalized spacial score (nSPS) is 18.7. The summed E-state index contributed by atoms with van der Waals surface area (Å²) in [5.41, 5.74) is 0.540. The molecule has 58 heavy (non-hydrogen) atoms. The van der Waals surface area contributed by atoms with E-state index in [1.807, 2.05) is 13.8 Å². The molecule has 16 nitrogen and oxygen atoms in total. The van der Waals surface area contributed by atoms with Crippen molar-refractivity contribution in [1.29, 1.82) is 0 Å². The quantitative estimate of drug-likeness (QED) is 0.130. The number of benzene rings is 2. The van der Waals surface area contributed by atoms with E-state index in [1.54, 1.807) is 55.5 Å². The van der Waals surface area contributed by atoms with E-state index in [0.717, 1.165) is 19.3 Å². The second-order valence-electron chi connectivity index (χ2n) is 15.3. The highest BCUT2D eigenvalue weighted by atomic mass is 32.2. The Morgan fingerprint density at radius 2 is 1.50 bits per heavy atom. The standard InChI is InChI=1S/C41H56N6O10S/c1-5-15-32(37(50)39(52)42-23-34(49)44-35(27(4)48)28-16-9-6-10-17-28)43-38(51)33-22-30(46-58(55,56)31-20-13-8-14-21-31)24-47(33)40(53)36(29-18-11-7-12-19-29)45-41(54)57-25-26(2)3/h6,8-10,13-14,16-17,20-21,26,29-30,32-33,35-36,46H,5,7,11-12,15,18-19,22-25H2,1-4H3,(H,42,52)(H,43,51)(H,44,49)(H,45,54)/t30-,32+,33?,35-,36+/m1/s1. The number of carbonyl (C=O) groups excluding carboxylic acids is 7. The van der Waals surface area contributed by atoms with Crippen molar-refractivity contribution in [2.24, 2.45) is 11.8 Å². The number of hydrogen-bond donors (Lipinski definition) is 5. The first-order chi connectivity index (χ1) is 27.6. The molecule has 2 aliphatic rings. The van der Waals surface area contributed by atoms with Crippen LogP contribution in [0.4, 0.5) is 4.79 Å². The lowest BCUT2D eigenvalue weighted by atomic mass is 9.83. The first-order valence-electron chi connectivity index (χ1n) is 19.9. The zero-order valence-electron chi connectivity index (χ0n) is 33.5. The van der Waals surface area contributed by atoms with E-state index >= 15 is 0 Å². The number of rotatable bonds is 19. The molecule has 1 heterocycles. The van der Waals surface area contributed by atoms with Gasteiger partial charge in [-0.3, -0.25) is 28.8 Å². The molecule has 316 valence electrons. The number of carbonyl (C=O) groups is 7. The van der Waals surface area contributed by atoms with Crippen LogP contribution in [0.25, 0.3) is 0 Å². The fraction of sp³-hybridized carbons (Fsp3) is 0.537. The smallest absolute Gasteiger partial charge is 0.407 e. The SMILES string of the molecule is CCC[C@H](NC(=O)C1C[C@@H](NS(=O)(=O)c2ccccc2)CN1C(=O)[C@@H](NC(=O)OCC(C)C)C1CCCCC1)C(=O)C(=O)NCC(=O)N[C@H](C(C)=O)c1ccccc1. The summed E-state index contributed by atoms with van der Waals surface area (Å²) in [4.78, 5) is 94.4. The summed E-state index contributed by atoms with van der Waals surface area (Å²) in [5, 5.41) is 10.2. The minimum atomic E-state index is -4.08. The Balaban J connectivity index is 1.53. The third kappa shape index (κ3) is 12.9. The number of hydrogen-bond acceptors (Lipinski definition) is 10. The molecule has 1 saturated carbocycles. The van der Waals surface area contributed by atoms with Crippen LogP contribution < -0.4 is 26.0 Å². The summed E-state index contributed by atoms with van der Waals surface area (Å²) in [5.74, 6) is -4.89. The van der Waals surface area contributed by atoms with E-state index in [-0.39, 0.29) is 48.5 Å². The third-order valence-corrected chi connectivity index (χ3v) is 11.7. The number of nitrogens with zero attached hydrogens (tertiary/aromatic N) is 1. The number of ether oxygens (including phenoxy) is 1. The van der Waals surface area contributed by atoms with Crippen molar-refractivity contribution in [2.45, 2.75) is 114 Å². The number of sulfonamides is 1. The molecule has 2 aromatic carbocycles. The molecule has 1 aliphatic carbocycles. The Hall–Kier alpha value is -5.16. The van der Waals surface area contributed by atoms with Crippen LogP contribution in [0.5, 0.6) is 0 Å². The van der Waals surface area contributed by atoms with Crippen LogP contribution in [0.1, 0.15) is 90.7 Å². The van der Waals surface area contributed by atoms with Gasteiger partial charge in [-0.05, 0) is 62.1 Å². The van der Waals surface area contributed by atoms with Crippen molar-refractivity contribution in [3.63, 3.8) is 0 Å². The van der Waals surface area contributed by atoms with Gasteiger partial charge < -0.3 is 30.9 Å². The molecule has 1 unspecified atom stereocenters. The lowest BCUT2D eigenvalue weighted by molar-refractivity contribution is -0.143. The fourth-order valence-corrected chi connectivity index (χ4v) is 8.51. The molecular formula is C41H56N6O10S. The van der Waals surface area contributed by atoms with E-state index in [9.17, 15) is 42.0 Å². The summed E-state index contributed by atoms with van der Waals surface area (Å²) < 4.78 is 34.7. The maximum absolute atomic E-state index is 14.5. The Morgan fingerprint density at radius 3 is 2.10 bits per heavy atom. The van der Waals surface area contributed by atoms with Gasteiger partial charge in [-0.1, -0.05) is 95.0 Å². The van der Waals surface area contributed by atoms with Crippen LogP contribution in [-0.2, 0) is 43.5 Å². The fourth-order valence-electron chi connectivity index (χ4n) is 7.25. The molecule has 0 radical (unpaired) electrons. The highest BCUT2D eigenvalue weighted by Crippen LogP contribution is 2.30. The van der Waals surface area contributed by atoms with Gasteiger partial charge in [0.1, 0.15) is 18.1 Å². The lowest BCUT2D eigenvalue weighted by Crippen LogP contribution is -2.58. The van der Waals surface area contributed by atoms with Gasteiger partial charge in [0, 0.05) is 12.6 Å². The number of alkyl carbamates (subject to hydrolysis) is 1. The molecular weight excluding hydrogens is 769 g/mol. The Morgan fingerprint density at radius 1 is 0.862 bits per heavy atom. The Kier molecular flexibility index (Phi) is 16.9. The van der Waals surface area contributed by atoms with E-state index < -0.39 is 82.3 Å². The molecule has 5 amide bonds. The number of likely N-dealkylation sites (tertiary alicyclic amines) is 1. The predicted molar refractivity (Wildman–Crippen MR) is 213 cm³/mol. The maximum Gasteiger partial charge on any atom is 0.407 e. The van der Waals surface area contributed by atoms with Gasteiger partial charge in [-0.15, -0.1) is 0 Å². The van der Waals surface area contributed by atoms with Gasteiger partial charge in [-0.2, -0.15) is 0 Å². The molecule has 2 fully saturated rings. The van der Waals surface area contributed by atoms with Gasteiger partial charge in [-0.25, -0.2) is 17.9 Å². The van der Waals surface area contributed by atoms with E-state index in [2.05, 4.69) is 26.0 Å². The zero-order valence-corrected chi connectivity index (χ0v) is 34.3. The topological polar surface area (TPSA) is 226 Å². The molecule has 1 aliphatic heterocycles. The van der Waals surface area contributed by atoms with Crippen LogP contribution in [0, 0.1) is 11.8 Å². The average Bonchev–Trinajstić information content (AvgIpc) is 3.63. The first-order valence-corrected chi connectivity index (χ1v) is 21.4. The number of nitrogens with one attached hydrogen (secondary N) is 5. The van der Waals surface area contributed by atoms with Crippen LogP contribution in [-0.4, -0.2) is 98.5 Å². The molecule has 5 N–H and O–H groups in total. The van der Waals surface area contributed by atoms with Crippen molar-refractivity contribution in [3.8, 4) is 0 Å². The van der Waals surface area contributed by atoms with Gasteiger partial charge in [0.2, 0.25) is 33.5 Å². The molecule has 5 atom stereocenters. The predicted octanol–water partition coefficient (Wildman–Crippen LogP) is 2.68. The number of Topliss-reactive ketones (excluding diaryl/α,β-unsaturated/α-hetero) is 2. The molecule has 2 aromatic rings. The lowest BCUT2D eigenvalue weighted by Gasteiger charge is -2.34. The maximum atomic E-state index is 14.5. The van der Waals surface area contributed by atoms with Crippen molar-refractivity contribution in [2.75, 3.05) is 19.7 Å². The van der Waals surface area contributed by atoms with Crippen molar-refractivity contribution < 1.29 is 46.7 Å². The summed E-state index contributed by atoms with van der Waals surface area (Å²) in [6.45, 7) is 6.06.